The first-order valence-electron chi connectivity index (χ1n) is 6.35. The van der Waals surface area contributed by atoms with Crippen molar-refractivity contribution in [2.24, 2.45) is 5.92 Å². The zero-order chi connectivity index (χ0) is 11.1. The average molecular weight is 214 g/mol. The number of hydrogen-bond acceptors (Lipinski definition) is 3. The van der Waals surface area contributed by atoms with Gasteiger partial charge in [-0.3, -0.25) is 4.90 Å². The minimum Gasteiger partial charge on any atom is -0.395 e. The predicted molar refractivity (Wildman–Crippen MR) is 64.0 cm³/mol. The van der Waals surface area contributed by atoms with Crippen molar-refractivity contribution in [1.29, 1.82) is 0 Å². The van der Waals surface area contributed by atoms with Gasteiger partial charge in [0, 0.05) is 19.1 Å². The Morgan fingerprint density at radius 1 is 1.33 bits per heavy atom. The third kappa shape index (κ3) is 4.09. The summed E-state index contributed by atoms with van der Waals surface area (Å²) in [6.45, 7) is 9.19. The summed E-state index contributed by atoms with van der Waals surface area (Å²) in [7, 11) is 0. The SMILES string of the molecule is CCCC(C)C(CO)N1CCCNCC1. The molecule has 1 aliphatic rings. The van der Waals surface area contributed by atoms with Gasteiger partial charge in [-0.2, -0.15) is 0 Å². The summed E-state index contributed by atoms with van der Waals surface area (Å²) in [5, 5.41) is 12.9. The molecule has 90 valence electrons. The summed E-state index contributed by atoms with van der Waals surface area (Å²) in [4.78, 5) is 2.46. The molecule has 3 heteroatoms. The van der Waals surface area contributed by atoms with Crippen LogP contribution in [-0.4, -0.2) is 48.8 Å². The van der Waals surface area contributed by atoms with Crippen LogP contribution in [0, 0.1) is 5.92 Å². The van der Waals surface area contributed by atoms with E-state index in [1.165, 1.54) is 19.3 Å². The van der Waals surface area contributed by atoms with Crippen molar-refractivity contribution in [3.8, 4) is 0 Å². The van der Waals surface area contributed by atoms with Crippen LogP contribution >= 0.6 is 0 Å². The van der Waals surface area contributed by atoms with Crippen molar-refractivity contribution >= 4 is 0 Å². The number of hydrogen-bond donors (Lipinski definition) is 2. The molecule has 0 saturated carbocycles. The van der Waals surface area contributed by atoms with E-state index in [1.54, 1.807) is 0 Å². The fourth-order valence-electron chi connectivity index (χ4n) is 2.50. The number of aliphatic hydroxyl groups excluding tert-OH is 1. The first-order chi connectivity index (χ1) is 7.29. The van der Waals surface area contributed by atoms with E-state index in [1.807, 2.05) is 0 Å². The molecule has 1 heterocycles. The molecule has 1 rings (SSSR count). The Balaban J connectivity index is 2.47. The van der Waals surface area contributed by atoms with E-state index in [0.29, 0.717) is 18.6 Å². The molecule has 0 spiro atoms. The van der Waals surface area contributed by atoms with E-state index in [2.05, 4.69) is 24.1 Å². The van der Waals surface area contributed by atoms with Crippen LogP contribution in [0.5, 0.6) is 0 Å². The summed E-state index contributed by atoms with van der Waals surface area (Å²) in [6.07, 6.45) is 3.63. The molecule has 2 atom stereocenters. The smallest absolute Gasteiger partial charge is 0.0589 e. The lowest BCUT2D eigenvalue weighted by Gasteiger charge is -2.33. The summed E-state index contributed by atoms with van der Waals surface area (Å²) < 4.78 is 0. The van der Waals surface area contributed by atoms with Crippen LogP contribution in [0.4, 0.5) is 0 Å². The minimum atomic E-state index is 0.307. The lowest BCUT2D eigenvalue weighted by Crippen LogP contribution is -2.44. The third-order valence-corrected chi connectivity index (χ3v) is 3.43. The van der Waals surface area contributed by atoms with E-state index < -0.39 is 0 Å². The Labute approximate surface area is 93.9 Å². The molecule has 2 N–H and O–H groups in total. The molecule has 2 unspecified atom stereocenters. The van der Waals surface area contributed by atoms with Gasteiger partial charge in [0.1, 0.15) is 0 Å². The summed E-state index contributed by atoms with van der Waals surface area (Å²) in [6, 6.07) is 0.366. The molecule has 0 aliphatic carbocycles. The number of nitrogens with one attached hydrogen (secondary N) is 1. The highest BCUT2D eigenvalue weighted by Crippen LogP contribution is 2.17. The van der Waals surface area contributed by atoms with Gasteiger partial charge < -0.3 is 10.4 Å². The second kappa shape index (κ2) is 7.20. The van der Waals surface area contributed by atoms with Crippen molar-refractivity contribution in [2.75, 3.05) is 32.8 Å². The van der Waals surface area contributed by atoms with Crippen LogP contribution in [0.2, 0.25) is 0 Å². The van der Waals surface area contributed by atoms with E-state index in [-0.39, 0.29) is 0 Å². The van der Waals surface area contributed by atoms with Gasteiger partial charge in [0.05, 0.1) is 6.61 Å². The maximum Gasteiger partial charge on any atom is 0.0589 e. The van der Waals surface area contributed by atoms with Crippen LogP contribution in [0.15, 0.2) is 0 Å². The van der Waals surface area contributed by atoms with Gasteiger partial charge in [-0.15, -0.1) is 0 Å². The van der Waals surface area contributed by atoms with Crippen LogP contribution < -0.4 is 5.32 Å². The van der Waals surface area contributed by atoms with Gasteiger partial charge >= 0.3 is 0 Å². The molecule has 1 aliphatic heterocycles. The fourth-order valence-corrected chi connectivity index (χ4v) is 2.50. The maximum absolute atomic E-state index is 9.51. The molecular weight excluding hydrogens is 188 g/mol. The largest absolute Gasteiger partial charge is 0.395 e. The molecule has 1 saturated heterocycles. The van der Waals surface area contributed by atoms with Crippen molar-refractivity contribution in [3.63, 3.8) is 0 Å². The molecule has 0 aromatic carbocycles. The monoisotopic (exact) mass is 214 g/mol. The van der Waals surface area contributed by atoms with Crippen molar-refractivity contribution in [1.82, 2.24) is 10.2 Å². The number of rotatable bonds is 5. The topological polar surface area (TPSA) is 35.5 Å². The van der Waals surface area contributed by atoms with E-state index in [9.17, 15) is 5.11 Å². The second-order valence-electron chi connectivity index (χ2n) is 4.66. The quantitative estimate of drug-likeness (QED) is 0.719. The molecule has 3 nitrogen and oxygen atoms in total. The lowest BCUT2D eigenvalue weighted by atomic mass is 9.96. The maximum atomic E-state index is 9.51. The average Bonchev–Trinajstić information content (AvgIpc) is 2.48. The van der Waals surface area contributed by atoms with E-state index in [4.69, 9.17) is 0 Å². The van der Waals surface area contributed by atoms with Crippen LogP contribution in [0.3, 0.4) is 0 Å². The van der Waals surface area contributed by atoms with Gasteiger partial charge in [0.15, 0.2) is 0 Å². The Hall–Kier alpha value is -0.120. The number of aliphatic hydroxyl groups is 1. The zero-order valence-corrected chi connectivity index (χ0v) is 10.2. The minimum absolute atomic E-state index is 0.307. The zero-order valence-electron chi connectivity index (χ0n) is 10.2. The van der Waals surface area contributed by atoms with Crippen molar-refractivity contribution in [2.45, 2.75) is 39.2 Å². The van der Waals surface area contributed by atoms with E-state index in [0.717, 1.165) is 26.2 Å². The highest BCUT2D eigenvalue weighted by atomic mass is 16.3. The van der Waals surface area contributed by atoms with Crippen molar-refractivity contribution < 1.29 is 5.11 Å². The molecule has 0 radical (unpaired) electrons. The highest BCUT2D eigenvalue weighted by Gasteiger charge is 2.23. The lowest BCUT2D eigenvalue weighted by molar-refractivity contribution is 0.0872. The van der Waals surface area contributed by atoms with Gasteiger partial charge in [0.25, 0.3) is 0 Å². The van der Waals surface area contributed by atoms with Gasteiger partial charge in [-0.05, 0) is 31.8 Å². The summed E-state index contributed by atoms with van der Waals surface area (Å²) in [5.74, 6) is 0.609. The molecule has 0 aromatic rings. The first-order valence-corrected chi connectivity index (χ1v) is 6.35. The molecule has 15 heavy (non-hydrogen) atoms. The molecule has 0 bridgehead atoms. The Kier molecular flexibility index (Phi) is 6.22. The van der Waals surface area contributed by atoms with Crippen molar-refractivity contribution in [3.05, 3.63) is 0 Å². The molecule has 1 fully saturated rings. The fraction of sp³-hybridized carbons (Fsp3) is 1.00. The van der Waals surface area contributed by atoms with Crippen LogP contribution in [0.1, 0.15) is 33.1 Å². The third-order valence-electron chi connectivity index (χ3n) is 3.43. The van der Waals surface area contributed by atoms with Gasteiger partial charge in [0.2, 0.25) is 0 Å². The molecule has 0 amide bonds. The van der Waals surface area contributed by atoms with E-state index >= 15 is 0 Å². The van der Waals surface area contributed by atoms with Crippen LogP contribution in [-0.2, 0) is 0 Å². The Morgan fingerprint density at radius 3 is 2.80 bits per heavy atom. The normalized spacial score (nSPS) is 23.4. The van der Waals surface area contributed by atoms with Gasteiger partial charge in [-0.1, -0.05) is 20.3 Å². The number of nitrogens with zero attached hydrogens (tertiary/aromatic N) is 1. The molecule has 0 aromatic heterocycles. The second-order valence-corrected chi connectivity index (χ2v) is 4.66. The predicted octanol–water partition coefficient (Wildman–Crippen LogP) is 1.08. The Morgan fingerprint density at radius 2 is 2.13 bits per heavy atom. The summed E-state index contributed by atoms with van der Waals surface area (Å²) >= 11 is 0. The highest BCUT2D eigenvalue weighted by molar-refractivity contribution is 4.78. The standard InChI is InChI=1S/C12H26N2O/c1-3-5-11(2)12(10-15)14-8-4-6-13-7-9-14/h11-13,15H,3-10H2,1-2H3. The Bertz CT molecular complexity index is 156. The molecular formula is C12H26N2O. The first kappa shape index (κ1) is 12.9. The van der Waals surface area contributed by atoms with Gasteiger partial charge in [-0.25, -0.2) is 0 Å². The summed E-state index contributed by atoms with van der Waals surface area (Å²) in [5.41, 5.74) is 0. The van der Waals surface area contributed by atoms with Crippen LogP contribution in [0.25, 0.3) is 0 Å².